The van der Waals surface area contributed by atoms with E-state index in [0.29, 0.717) is 42.2 Å². The average Bonchev–Trinajstić information content (AvgIpc) is 3.88. The monoisotopic (exact) mass is 911 g/mol. The summed E-state index contributed by atoms with van der Waals surface area (Å²) >= 11 is 0. The smallest absolute Gasteiger partial charge is 0.419 e. The van der Waals surface area contributed by atoms with Crippen LogP contribution in [0.5, 0.6) is 0 Å². The van der Waals surface area contributed by atoms with Crippen LogP contribution in [0.3, 0.4) is 0 Å². The Morgan fingerprint density at radius 1 is 0.806 bits per heavy atom. The fourth-order valence-corrected chi connectivity index (χ4v) is 9.54. The normalized spacial score (nSPS) is 18.4. The molecule has 0 bridgehead atoms. The molecule has 5 aromatic rings. The van der Waals surface area contributed by atoms with Crippen LogP contribution in [0.15, 0.2) is 91.0 Å². The Kier molecular flexibility index (Phi) is 13.4. The first-order chi connectivity index (χ1) is 31.9. The summed E-state index contributed by atoms with van der Waals surface area (Å²) in [6.07, 6.45) is 4.11. The molecule has 67 heavy (non-hydrogen) atoms. The van der Waals surface area contributed by atoms with Gasteiger partial charge in [0.25, 0.3) is 0 Å². The van der Waals surface area contributed by atoms with Gasteiger partial charge in [0.2, 0.25) is 11.8 Å². The van der Waals surface area contributed by atoms with E-state index in [4.69, 9.17) is 24.7 Å². The van der Waals surface area contributed by atoms with Crippen molar-refractivity contribution in [2.75, 3.05) is 37.0 Å². The van der Waals surface area contributed by atoms with Crippen molar-refractivity contribution in [1.29, 1.82) is 0 Å². The van der Waals surface area contributed by atoms with Crippen molar-refractivity contribution >= 4 is 52.1 Å². The number of fused-ring (bicyclic) bond motifs is 4. The van der Waals surface area contributed by atoms with Crippen LogP contribution >= 0.6 is 0 Å². The molecule has 1 unspecified atom stereocenters. The third-order valence-electron chi connectivity index (χ3n) is 12.8. The van der Waals surface area contributed by atoms with E-state index >= 15 is 0 Å². The Balaban J connectivity index is 1.07. The summed E-state index contributed by atoms with van der Waals surface area (Å²) < 4.78 is 24.1. The lowest BCUT2D eigenvalue weighted by molar-refractivity contribution is -0.153. The molecule has 8 rings (SSSR count). The van der Waals surface area contributed by atoms with Gasteiger partial charge in [0.05, 0.1) is 29.9 Å². The van der Waals surface area contributed by atoms with E-state index in [2.05, 4.69) is 28.4 Å². The van der Waals surface area contributed by atoms with E-state index in [1.54, 1.807) is 96.0 Å². The molecule has 3 aliphatic rings. The van der Waals surface area contributed by atoms with Gasteiger partial charge in [-0.05, 0) is 137 Å². The number of carbonyl (C=O) groups excluding carboxylic acids is 5. The molecule has 4 aromatic carbocycles. The number of hydrogen-bond donors (Lipinski definition) is 2. The van der Waals surface area contributed by atoms with E-state index < -0.39 is 47.1 Å². The number of nitrogens with two attached hydrogens (primary N) is 1. The fourth-order valence-electron chi connectivity index (χ4n) is 9.54. The molecule has 1 saturated carbocycles. The minimum Gasteiger partial charge on any atom is -0.460 e. The van der Waals surface area contributed by atoms with Crippen molar-refractivity contribution in [3.63, 3.8) is 0 Å². The Morgan fingerprint density at radius 2 is 1.49 bits per heavy atom. The summed E-state index contributed by atoms with van der Waals surface area (Å²) in [4.78, 5) is 74.1. The molecule has 2 amide bonds. The summed E-state index contributed by atoms with van der Waals surface area (Å²) in [5.74, 6) is -3.96. The zero-order chi connectivity index (χ0) is 47.8. The number of rotatable bonds is 11. The van der Waals surface area contributed by atoms with Crippen molar-refractivity contribution in [3.05, 3.63) is 119 Å². The first-order valence-corrected chi connectivity index (χ1v) is 23.1. The van der Waals surface area contributed by atoms with E-state index in [1.807, 2.05) is 24.3 Å². The van der Waals surface area contributed by atoms with E-state index in [1.165, 1.54) is 11.6 Å². The van der Waals surface area contributed by atoms with Gasteiger partial charge in [0, 0.05) is 37.3 Å². The zero-order valence-corrected chi connectivity index (χ0v) is 39.4. The Bertz CT molecular complexity index is 2690. The van der Waals surface area contributed by atoms with Crippen molar-refractivity contribution in [1.82, 2.24) is 9.47 Å². The Labute approximate surface area is 391 Å². The minimum atomic E-state index is -1.56. The number of esters is 2. The van der Waals surface area contributed by atoms with Crippen LogP contribution in [-0.2, 0) is 46.4 Å². The molecular weight excluding hydrogens is 851 g/mol. The van der Waals surface area contributed by atoms with Gasteiger partial charge >= 0.3 is 18.0 Å². The van der Waals surface area contributed by atoms with Crippen LogP contribution in [-0.4, -0.2) is 89.4 Å². The van der Waals surface area contributed by atoms with Crippen molar-refractivity contribution in [2.45, 2.75) is 110 Å². The summed E-state index contributed by atoms with van der Waals surface area (Å²) in [7, 11) is 1.75. The zero-order valence-electron chi connectivity index (χ0n) is 39.4. The number of benzene rings is 4. The second-order valence-corrected chi connectivity index (χ2v) is 19.7. The van der Waals surface area contributed by atoms with Gasteiger partial charge in [-0.2, -0.15) is 0 Å². The SMILES string of the molecule is COC1CCC(N2CCN(c3ccc(C(N)[C@@H](C(=O)Nc4cccc5c4cc(C(=O)OC(C)(C)C)n5C(=O)OC(C)(C)C)C(=O)OCc4cccc5c4Cc4ccccc4-5)cc3)C(=O)C2)CC1. The highest BCUT2D eigenvalue weighted by Crippen LogP contribution is 2.39. The van der Waals surface area contributed by atoms with Crippen LogP contribution in [0.1, 0.15) is 106 Å². The topological polar surface area (TPSA) is 172 Å². The molecule has 2 heterocycles. The molecule has 0 spiro atoms. The van der Waals surface area contributed by atoms with Crippen LogP contribution in [0, 0.1) is 5.92 Å². The number of aromatic nitrogens is 1. The number of hydrogen-bond acceptors (Lipinski definition) is 11. The molecule has 352 valence electrons. The highest BCUT2D eigenvalue weighted by atomic mass is 16.6. The number of ether oxygens (including phenoxy) is 4. The van der Waals surface area contributed by atoms with Crippen molar-refractivity contribution in [2.24, 2.45) is 11.7 Å². The second kappa shape index (κ2) is 19.1. The third-order valence-corrected chi connectivity index (χ3v) is 12.8. The number of nitrogens with zero attached hydrogens (tertiary/aromatic N) is 3. The van der Waals surface area contributed by atoms with Gasteiger partial charge in [0.1, 0.15) is 23.5 Å². The molecule has 2 aliphatic carbocycles. The van der Waals surface area contributed by atoms with Gasteiger partial charge in [0.15, 0.2) is 5.92 Å². The highest BCUT2D eigenvalue weighted by molar-refractivity contribution is 6.12. The maximum Gasteiger partial charge on any atom is 0.419 e. The number of piperazine rings is 1. The van der Waals surface area contributed by atoms with E-state index in [-0.39, 0.29) is 35.5 Å². The predicted octanol–water partition coefficient (Wildman–Crippen LogP) is 8.56. The van der Waals surface area contributed by atoms with Gasteiger partial charge in [-0.15, -0.1) is 0 Å². The van der Waals surface area contributed by atoms with Crippen molar-refractivity contribution in [3.8, 4) is 11.1 Å². The molecule has 14 nitrogen and oxygen atoms in total. The number of nitrogens with one attached hydrogen (secondary N) is 1. The largest absolute Gasteiger partial charge is 0.460 e. The fraction of sp³-hybridized carbons (Fsp3) is 0.415. The predicted molar refractivity (Wildman–Crippen MR) is 256 cm³/mol. The van der Waals surface area contributed by atoms with E-state index in [0.717, 1.165) is 59.0 Å². The molecule has 1 aromatic heterocycles. The molecule has 2 fully saturated rings. The first kappa shape index (κ1) is 47.2. The van der Waals surface area contributed by atoms with Crippen LogP contribution in [0.25, 0.3) is 22.0 Å². The second-order valence-electron chi connectivity index (χ2n) is 19.7. The van der Waals surface area contributed by atoms with Gasteiger partial charge < -0.3 is 34.9 Å². The van der Waals surface area contributed by atoms with E-state index in [9.17, 15) is 24.0 Å². The van der Waals surface area contributed by atoms with Gasteiger partial charge in [-0.1, -0.05) is 60.7 Å². The molecule has 14 heteroatoms. The standard InChI is InChI=1S/C53H61N5O9/c1-52(2,3)66-49(61)44-29-41-42(16-11-17-43(41)58(44)51(63)67-53(4,5)6)55-48(60)46(50(62)65-31-34-13-10-15-39-38-14-9-8-12-33(38)28-40(34)39)47(54)32-18-20-36(21-19-32)57-27-26-56(30-45(57)59)35-22-24-37(64-7)25-23-35/h8-21,29,35,37,46-47H,22-28,30-31,54H2,1-7H3,(H,55,60)/t35?,37?,46-,47?/m0/s1. The Hall–Kier alpha value is -6.35. The Morgan fingerprint density at radius 3 is 2.18 bits per heavy atom. The molecule has 2 atom stereocenters. The molecule has 1 saturated heterocycles. The van der Waals surface area contributed by atoms with Gasteiger partial charge in [-0.25, -0.2) is 14.2 Å². The quantitative estimate of drug-likeness (QED) is 0.0725. The van der Waals surface area contributed by atoms with Gasteiger partial charge in [-0.3, -0.25) is 19.3 Å². The number of amides is 2. The lowest BCUT2D eigenvalue weighted by atomic mass is 9.91. The highest BCUT2D eigenvalue weighted by Gasteiger charge is 2.38. The first-order valence-electron chi connectivity index (χ1n) is 23.1. The van der Waals surface area contributed by atoms with Crippen LogP contribution in [0.2, 0.25) is 0 Å². The van der Waals surface area contributed by atoms with Crippen LogP contribution in [0.4, 0.5) is 16.2 Å². The summed E-state index contributed by atoms with van der Waals surface area (Å²) in [6.45, 7) is 11.8. The summed E-state index contributed by atoms with van der Waals surface area (Å²) in [6, 6.07) is 26.5. The third kappa shape index (κ3) is 10.3. The number of anilines is 2. The van der Waals surface area contributed by atoms with Crippen LogP contribution < -0.4 is 16.0 Å². The minimum absolute atomic E-state index is 0.00186. The average molecular weight is 912 g/mol. The van der Waals surface area contributed by atoms with Crippen molar-refractivity contribution < 1.29 is 42.9 Å². The molecular formula is C53H61N5O9. The maximum atomic E-state index is 14.7. The number of methoxy groups -OCH3 is 1. The maximum absolute atomic E-state index is 14.7. The lowest BCUT2D eigenvalue weighted by Gasteiger charge is -2.41. The summed E-state index contributed by atoms with van der Waals surface area (Å²) in [5, 5.41) is 3.21. The molecule has 1 aliphatic heterocycles. The lowest BCUT2D eigenvalue weighted by Crippen LogP contribution is -2.54. The summed E-state index contributed by atoms with van der Waals surface area (Å²) in [5.41, 5.74) is 11.9. The number of carbonyl (C=O) groups is 5. The molecule has 3 N–H and O–H groups in total. The molecule has 0 radical (unpaired) electrons.